The van der Waals surface area contributed by atoms with Crippen LogP contribution in [-0.4, -0.2) is 12.6 Å². The number of anilines is 3. The molecule has 14 rings (SSSR count). The third-order valence-electron chi connectivity index (χ3n) is 15.2. The Morgan fingerprint density at radius 3 is 1.41 bits per heavy atom. The maximum atomic E-state index is 6.63. The van der Waals surface area contributed by atoms with E-state index in [1.807, 2.05) is 6.07 Å². The van der Waals surface area contributed by atoms with Crippen LogP contribution in [0, 0.1) is 0 Å². The molecule has 0 fully saturated rings. The van der Waals surface area contributed by atoms with E-state index >= 15 is 0 Å². The molecule has 12 aromatic carbocycles. The van der Waals surface area contributed by atoms with Gasteiger partial charge in [-0.05, 0) is 114 Å². The highest BCUT2D eigenvalue weighted by Gasteiger charge is 2.41. The third kappa shape index (κ3) is 7.02. The fourth-order valence-electron chi connectivity index (χ4n) is 11.9. The molecule has 0 aliphatic carbocycles. The van der Waals surface area contributed by atoms with Crippen molar-refractivity contribution in [1.29, 1.82) is 0 Å². The van der Waals surface area contributed by atoms with Crippen LogP contribution in [-0.2, 0) is 0 Å². The smallest absolute Gasteiger partial charge is 0.179 e. The van der Waals surface area contributed by atoms with Gasteiger partial charge in [0.1, 0.15) is 5.58 Å². The van der Waals surface area contributed by atoms with Crippen LogP contribution in [0.5, 0.6) is 0 Å². The summed E-state index contributed by atoms with van der Waals surface area (Å²) in [7, 11) is -2.74. The quantitative estimate of drug-likeness (QED) is 0.101. The number of furan rings is 1. The maximum Gasteiger partial charge on any atom is 0.179 e. The van der Waals surface area contributed by atoms with E-state index in [0.29, 0.717) is 0 Å². The summed E-state index contributed by atoms with van der Waals surface area (Å²) in [4.78, 5) is 2.40. The molecule has 348 valence electrons. The van der Waals surface area contributed by atoms with Crippen molar-refractivity contribution < 1.29 is 4.42 Å². The topological polar surface area (TPSA) is 21.3 Å². The van der Waals surface area contributed by atoms with Gasteiger partial charge in [-0.3, -0.25) is 0 Å². The van der Waals surface area contributed by atoms with Crippen LogP contribution in [0.1, 0.15) is 0 Å². The first-order valence-electron chi connectivity index (χ1n) is 25.4. The van der Waals surface area contributed by atoms with Crippen molar-refractivity contribution in [1.82, 2.24) is 4.57 Å². The summed E-state index contributed by atoms with van der Waals surface area (Å²) in [5.41, 5.74) is 13.1. The van der Waals surface area contributed by atoms with Gasteiger partial charge in [-0.15, -0.1) is 0 Å². The lowest BCUT2D eigenvalue weighted by Gasteiger charge is -2.35. The fourth-order valence-corrected chi connectivity index (χ4v) is 16.6. The minimum atomic E-state index is -2.74. The zero-order valence-electron chi connectivity index (χ0n) is 40.5. The van der Waals surface area contributed by atoms with Crippen molar-refractivity contribution in [2.24, 2.45) is 0 Å². The van der Waals surface area contributed by atoms with Gasteiger partial charge < -0.3 is 13.9 Å². The first-order chi connectivity index (χ1) is 36.7. The summed E-state index contributed by atoms with van der Waals surface area (Å²) in [5, 5.41) is 12.5. The first kappa shape index (κ1) is 43.3. The van der Waals surface area contributed by atoms with Crippen LogP contribution < -0.4 is 25.6 Å². The van der Waals surface area contributed by atoms with E-state index in [-0.39, 0.29) is 0 Å². The number of fused-ring (bicyclic) bond motifs is 7. The van der Waals surface area contributed by atoms with Gasteiger partial charge >= 0.3 is 0 Å². The summed E-state index contributed by atoms with van der Waals surface area (Å²) in [5.74, 6) is 0. The van der Waals surface area contributed by atoms with E-state index in [9.17, 15) is 0 Å². The molecule has 0 atom stereocenters. The number of aromatic nitrogens is 1. The normalized spacial score (nSPS) is 11.8. The van der Waals surface area contributed by atoms with Crippen molar-refractivity contribution >= 4 is 100 Å². The SMILES string of the molecule is c1ccc([Si](c2ccccc2)(c2ccccc2)c2ccc(N(c3ccc(-c4cccc5ccccc45)cc3)c3ccc(-c4cccc5c4c4ccccc4n5-c4cccc5c4oc4ccccc45)cc3)cc2)cc1. The molecule has 3 nitrogen and oxygen atoms in total. The van der Waals surface area contributed by atoms with Crippen LogP contribution >= 0.6 is 0 Å². The second kappa shape index (κ2) is 18.0. The van der Waals surface area contributed by atoms with E-state index in [0.717, 1.165) is 61.3 Å². The van der Waals surface area contributed by atoms with Crippen molar-refractivity contribution in [3.63, 3.8) is 0 Å². The van der Waals surface area contributed by atoms with E-state index in [2.05, 4.69) is 295 Å². The van der Waals surface area contributed by atoms with Gasteiger partial charge in [-0.1, -0.05) is 231 Å². The molecule has 0 aliphatic heterocycles. The van der Waals surface area contributed by atoms with E-state index in [4.69, 9.17) is 4.42 Å². The van der Waals surface area contributed by atoms with Gasteiger partial charge in [-0.2, -0.15) is 0 Å². The molecule has 0 saturated carbocycles. The molecule has 2 heterocycles. The van der Waals surface area contributed by atoms with Crippen molar-refractivity contribution in [3.8, 4) is 27.9 Å². The molecule has 14 aromatic rings. The molecular formula is C70H48N2OSi. The zero-order valence-corrected chi connectivity index (χ0v) is 41.5. The van der Waals surface area contributed by atoms with Crippen LogP contribution in [0.4, 0.5) is 17.1 Å². The highest BCUT2D eigenvalue weighted by atomic mass is 28.3. The van der Waals surface area contributed by atoms with Gasteiger partial charge in [0.05, 0.1) is 16.7 Å². The predicted molar refractivity (Wildman–Crippen MR) is 315 cm³/mol. The Morgan fingerprint density at radius 1 is 0.311 bits per heavy atom. The summed E-state index contributed by atoms with van der Waals surface area (Å²) < 4.78 is 9.02. The summed E-state index contributed by atoms with van der Waals surface area (Å²) in [6.45, 7) is 0. The highest BCUT2D eigenvalue weighted by molar-refractivity contribution is 7.19. The van der Waals surface area contributed by atoms with Crippen molar-refractivity contribution in [3.05, 3.63) is 291 Å². The molecular weight excluding hydrogens is 913 g/mol. The Hall–Kier alpha value is -9.48. The largest absolute Gasteiger partial charge is 0.454 e. The van der Waals surface area contributed by atoms with E-state index in [1.165, 1.54) is 59.0 Å². The van der Waals surface area contributed by atoms with Crippen molar-refractivity contribution in [2.45, 2.75) is 0 Å². The van der Waals surface area contributed by atoms with Crippen LogP contribution in [0.15, 0.2) is 296 Å². The lowest BCUT2D eigenvalue weighted by molar-refractivity contribution is 0.666. The molecule has 74 heavy (non-hydrogen) atoms. The van der Waals surface area contributed by atoms with Gasteiger partial charge in [-0.25, -0.2) is 0 Å². The number of benzene rings is 12. The number of nitrogens with zero attached hydrogens (tertiary/aromatic N) is 2. The minimum Gasteiger partial charge on any atom is -0.454 e. The number of rotatable bonds is 10. The Bertz CT molecular complexity index is 4230. The molecule has 0 N–H and O–H groups in total. The highest BCUT2D eigenvalue weighted by Crippen LogP contribution is 2.43. The maximum absolute atomic E-state index is 6.63. The fraction of sp³-hybridized carbons (Fsp3) is 0. The van der Waals surface area contributed by atoms with E-state index in [1.54, 1.807) is 0 Å². The van der Waals surface area contributed by atoms with Crippen LogP contribution in [0.3, 0.4) is 0 Å². The predicted octanol–water partition coefficient (Wildman–Crippen LogP) is 16.0. The lowest BCUT2D eigenvalue weighted by atomic mass is 9.98. The molecule has 0 unspecified atom stereocenters. The molecule has 0 saturated heterocycles. The summed E-state index contributed by atoms with van der Waals surface area (Å²) in [6, 6.07) is 107. The molecule has 4 heteroatoms. The minimum absolute atomic E-state index is 0.887. The third-order valence-corrected chi connectivity index (χ3v) is 20.0. The molecule has 0 bridgehead atoms. The Balaban J connectivity index is 0.912. The molecule has 2 aromatic heterocycles. The molecule has 0 amide bonds. The Labute approximate surface area is 431 Å². The van der Waals surface area contributed by atoms with E-state index < -0.39 is 8.07 Å². The average Bonchev–Trinajstić information content (AvgIpc) is 4.04. The number of hydrogen-bond acceptors (Lipinski definition) is 2. The standard InChI is InChI=1S/C70H48N2OSi/c1-4-21-55(22-5-1)74(56-23-6-2-7-24-56,57-25-8-3-9-26-57)58-47-45-54(46-48-58)71(52-41-37-50(38-42-52)60-30-16-20-49-19-10-11-27-59(49)60)53-43-39-51(40-44-53)61-31-17-34-66-69(61)64-29-12-14-33-65(64)72(66)67-35-18-32-63-62-28-13-15-36-68(62)73-70(63)67/h1-48H. The second-order valence-electron chi connectivity index (χ2n) is 19.2. The van der Waals surface area contributed by atoms with Gasteiger partial charge in [0.25, 0.3) is 0 Å². The zero-order chi connectivity index (χ0) is 49.0. The summed E-state index contributed by atoms with van der Waals surface area (Å²) in [6.07, 6.45) is 0. The molecule has 0 radical (unpaired) electrons. The van der Waals surface area contributed by atoms with Gasteiger partial charge in [0.2, 0.25) is 0 Å². The first-order valence-corrected chi connectivity index (χ1v) is 27.4. The Kier molecular flexibility index (Phi) is 10.5. The van der Waals surface area contributed by atoms with Gasteiger partial charge in [0.15, 0.2) is 13.7 Å². The van der Waals surface area contributed by atoms with Crippen molar-refractivity contribution in [2.75, 3.05) is 4.90 Å². The van der Waals surface area contributed by atoms with Crippen LogP contribution in [0.25, 0.3) is 82.5 Å². The molecule has 0 aliphatic rings. The second-order valence-corrected chi connectivity index (χ2v) is 23.0. The number of hydrogen-bond donors (Lipinski definition) is 0. The van der Waals surface area contributed by atoms with Crippen LogP contribution in [0.2, 0.25) is 0 Å². The lowest BCUT2D eigenvalue weighted by Crippen LogP contribution is -2.74. The Morgan fingerprint density at radius 2 is 0.757 bits per heavy atom. The number of para-hydroxylation sites is 3. The molecule has 0 spiro atoms. The van der Waals surface area contributed by atoms with Gasteiger partial charge in [0, 0.05) is 38.6 Å². The summed E-state index contributed by atoms with van der Waals surface area (Å²) >= 11 is 0. The monoisotopic (exact) mass is 960 g/mol. The average molecular weight is 961 g/mol.